The predicted molar refractivity (Wildman–Crippen MR) is 91.4 cm³/mol. The first-order valence-electron chi connectivity index (χ1n) is 7.32. The third kappa shape index (κ3) is 3.37. The molecule has 0 saturated heterocycles. The summed E-state index contributed by atoms with van der Waals surface area (Å²) < 4.78 is 14.3. The summed E-state index contributed by atoms with van der Waals surface area (Å²) in [6, 6.07) is 11.2. The average Bonchev–Trinajstić information content (AvgIpc) is 2.88. The molecule has 0 aliphatic heterocycles. The first kappa shape index (κ1) is 16.3. The van der Waals surface area contributed by atoms with Crippen LogP contribution in [0.1, 0.15) is 11.3 Å². The van der Waals surface area contributed by atoms with Crippen LogP contribution in [-0.4, -0.2) is 20.9 Å². The van der Waals surface area contributed by atoms with Gasteiger partial charge >= 0.3 is 0 Å². The Morgan fingerprint density at radius 3 is 2.40 bits per heavy atom. The van der Waals surface area contributed by atoms with Crippen LogP contribution in [-0.2, 0) is 0 Å². The van der Waals surface area contributed by atoms with E-state index in [0.717, 1.165) is 0 Å². The van der Waals surface area contributed by atoms with Crippen LogP contribution in [0, 0.1) is 22.9 Å². The zero-order valence-corrected chi connectivity index (χ0v) is 13.1. The molecule has 25 heavy (non-hydrogen) atoms. The van der Waals surface area contributed by atoms with Gasteiger partial charge in [-0.15, -0.1) is 0 Å². The zero-order chi connectivity index (χ0) is 18.0. The maximum atomic E-state index is 13.0. The van der Waals surface area contributed by atoms with Crippen LogP contribution < -0.4 is 5.56 Å². The van der Waals surface area contributed by atoms with Gasteiger partial charge in [0, 0.05) is 24.0 Å². The molecule has 0 saturated carbocycles. The Balaban J connectivity index is 1.91. The molecule has 2 aromatic carbocycles. The van der Waals surface area contributed by atoms with Crippen molar-refractivity contribution < 1.29 is 9.31 Å². The molecule has 0 aliphatic rings. The number of aryl methyl sites for hydroxylation is 1. The van der Waals surface area contributed by atoms with Gasteiger partial charge in [0.15, 0.2) is 0 Å². The van der Waals surface area contributed by atoms with Gasteiger partial charge in [-0.3, -0.25) is 25.0 Å². The number of benzene rings is 2. The van der Waals surface area contributed by atoms with Crippen LogP contribution in [0.3, 0.4) is 0 Å². The highest BCUT2D eigenvalue weighted by atomic mass is 19.1. The fourth-order valence-electron chi connectivity index (χ4n) is 2.28. The molecule has 0 amide bonds. The van der Waals surface area contributed by atoms with Crippen LogP contribution in [0.5, 0.6) is 0 Å². The highest BCUT2D eigenvalue weighted by molar-refractivity contribution is 5.83. The standard InChI is InChI=1S/C17H13FN4O3/c1-11-16(10-19-13-4-8-15(9-5-13)22(24)25)17(23)21(20-11)14-6-2-12(18)3-7-14/h2-10,20H,1H3. The lowest BCUT2D eigenvalue weighted by Crippen LogP contribution is -2.17. The van der Waals surface area contributed by atoms with Crippen LogP contribution in [0.15, 0.2) is 58.3 Å². The number of nitrogens with zero attached hydrogens (tertiary/aromatic N) is 3. The molecule has 7 nitrogen and oxygen atoms in total. The topological polar surface area (TPSA) is 93.3 Å². The van der Waals surface area contributed by atoms with Gasteiger partial charge in [0.25, 0.3) is 11.2 Å². The first-order valence-corrected chi connectivity index (χ1v) is 7.32. The Bertz CT molecular complexity index is 1000. The lowest BCUT2D eigenvalue weighted by molar-refractivity contribution is -0.384. The largest absolute Gasteiger partial charge is 0.295 e. The Kier molecular flexibility index (Phi) is 4.25. The highest BCUT2D eigenvalue weighted by Gasteiger charge is 2.11. The van der Waals surface area contributed by atoms with Gasteiger partial charge in [0.1, 0.15) is 5.82 Å². The number of nitro benzene ring substituents is 1. The van der Waals surface area contributed by atoms with Gasteiger partial charge in [-0.1, -0.05) is 0 Å². The Morgan fingerprint density at radius 1 is 1.16 bits per heavy atom. The number of hydrogen-bond donors (Lipinski definition) is 1. The summed E-state index contributed by atoms with van der Waals surface area (Å²) in [5.74, 6) is -0.389. The second-order valence-corrected chi connectivity index (χ2v) is 5.30. The summed E-state index contributed by atoms with van der Waals surface area (Å²) in [6.07, 6.45) is 1.40. The minimum atomic E-state index is -0.495. The molecule has 1 N–H and O–H groups in total. The second-order valence-electron chi connectivity index (χ2n) is 5.30. The van der Waals surface area contributed by atoms with E-state index in [4.69, 9.17) is 0 Å². The average molecular weight is 340 g/mol. The van der Waals surface area contributed by atoms with Crippen molar-refractivity contribution >= 4 is 17.6 Å². The molecule has 0 radical (unpaired) electrons. The Labute approximate surface area is 141 Å². The van der Waals surface area contributed by atoms with Crippen molar-refractivity contribution in [2.24, 2.45) is 4.99 Å². The van der Waals surface area contributed by atoms with Crippen molar-refractivity contribution in [3.63, 3.8) is 0 Å². The molecule has 0 atom stereocenters. The minimum Gasteiger partial charge on any atom is -0.295 e. The van der Waals surface area contributed by atoms with E-state index in [1.165, 1.54) is 59.4 Å². The molecule has 0 bridgehead atoms. The van der Waals surface area contributed by atoms with Crippen molar-refractivity contribution in [2.75, 3.05) is 0 Å². The second kappa shape index (κ2) is 6.52. The molecule has 1 heterocycles. The molecule has 0 aliphatic carbocycles. The van der Waals surface area contributed by atoms with Crippen molar-refractivity contribution in [2.45, 2.75) is 6.92 Å². The molecular formula is C17H13FN4O3. The number of H-pyrrole nitrogens is 1. The van der Waals surface area contributed by atoms with Crippen molar-refractivity contribution in [1.29, 1.82) is 0 Å². The van der Waals surface area contributed by atoms with Gasteiger partial charge in [0.2, 0.25) is 0 Å². The molecule has 0 fully saturated rings. The van der Waals surface area contributed by atoms with Crippen LogP contribution in [0.25, 0.3) is 5.69 Å². The third-order valence-corrected chi connectivity index (χ3v) is 3.61. The number of aliphatic imine (C=N–C) groups is 1. The number of non-ortho nitro benzene ring substituents is 1. The van der Waals surface area contributed by atoms with E-state index < -0.39 is 4.92 Å². The summed E-state index contributed by atoms with van der Waals surface area (Å²) in [5, 5.41) is 13.5. The summed E-state index contributed by atoms with van der Waals surface area (Å²) in [7, 11) is 0. The SMILES string of the molecule is Cc1[nH]n(-c2ccc(F)cc2)c(=O)c1C=Nc1ccc([N+](=O)[O-])cc1. The van der Waals surface area contributed by atoms with E-state index in [-0.39, 0.29) is 17.1 Å². The number of hydrogen-bond acceptors (Lipinski definition) is 4. The highest BCUT2D eigenvalue weighted by Crippen LogP contribution is 2.18. The minimum absolute atomic E-state index is 0.0320. The molecule has 3 aromatic rings. The Hall–Kier alpha value is -3.55. The molecule has 0 spiro atoms. The van der Waals surface area contributed by atoms with E-state index in [0.29, 0.717) is 22.6 Å². The molecular weight excluding hydrogens is 327 g/mol. The monoisotopic (exact) mass is 340 g/mol. The van der Waals surface area contributed by atoms with Crippen molar-refractivity contribution in [3.05, 3.63) is 86.1 Å². The Morgan fingerprint density at radius 2 is 1.80 bits per heavy atom. The number of nitrogens with one attached hydrogen (secondary N) is 1. The number of halogens is 1. The van der Waals surface area contributed by atoms with E-state index in [1.54, 1.807) is 6.92 Å². The lowest BCUT2D eigenvalue weighted by atomic mass is 10.2. The lowest BCUT2D eigenvalue weighted by Gasteiger charge is -2.00. The van der Waals surface area contributed by atoms with Gasteiger partial charge in [0.05, 0.1) is 21.9 Å². The van der Waals surface area contributed by atoms with Gasteiger partial charge < -0.3 is 0 Å². The van der Waals surface area contributed by atoms with Crippen molar-refractivity contribution in [1.82, 2.24) is 9.78 Å². The van der Waals surface area contributed by atoms with Gasteiger partial charge in [-0.05, 0) is 43.3 Å². The summed E-state index contributed by atoms with van der Waals surface area (Å²) in [4.78, 5) is 26.8. The van der Waals surface area contributed by atoms with E-state index in [1.807, 2.05) is 0 Å². The first-order chi connectivity index (χ1) is 12.0. The third-order valence-electron chi connectivity index (χ3n) is 3.61. The van der Waals surface area contributed by atoms with Crippen LogP contribution in [0.4, 0.5) is 15.8 Å². The maximum absolute atomic E-state index is 13.0. The number of aromatic amines is 1. The van der Waals surface area contributed by atoms with Gasteiger partial charge in [-0.25, -0.2) is 9.07 Å². The maximum Gasteiger partial charge on any atom is 0.280 e. The van der Waals surface area contributed by atoms with Gasteiger partial charge in [-0.2, -0.15) is 0 Å². The molecule has 8 heteroatoms. The fourth-order valence-corrected chi connectivity index (χ4v) is 2.28. The van der Waals surface area contributed by atoms with Crippen LogP contribution >= 0.6 is 0 Å². The molecule has 126 valence electrons. The predicted octanol–water partition coefficient (Wildman–Crippen LogP) is 3.27. The van der Waals surface area contributed by atoms with E-state index >= 15 is 0 Å². The quantitative estimate of drug-likeness (QED) is 0.449. The molecule has 3 rings (SSSR count). The van der Waals surface area contributed by atoms with E-state index in [9.17, 15) is 19.3 Å². The summed E-state index contributed by atoms with van der Waals surface area (Å²) >= 11 is 0. The zero-order valence-electron chi connectivity index (χ0n) is 13.1. The van der Waals surface area contributed by atoms with E-state index in [2.05, 4.69) is 10.1 Å². The smallest absolute Gasteiger partial charge is 0.280 e. The van der Waals surface area contributed by atoms with Crippen molar-refractivity contribution in [3.8, 4) is 5.69 Å². The number of aromatic nitrogens is 2. The summed E-state index contributed by atoms with van der Waals surface area (Å²) in [6.45, 7) is 1.72. The number of rotatable bonds is 4. The fraction of sp³-hybridized carbons (Fsp3) is 0.0588. The number of nitro groups is 1. The summed E-state index contributed by atoms with van der Waals surface area (Å²) in [5.41, 5.74) is 1.58. The normalized spacial score (nSPS) is 11.1. The molecule has 0 unspecified atom stereocenters. The van der Waals surface area contributed by atoms with Crippen LogP contribution in [0.2, 0.25) is 0 Å². The molecule has 1 aromatic heterocycles.